The molecule has 0 aliphatic carbocycles. The van der Waals surface area contributed by atoms with Crippen LogP contribution >= 0.6 is 0 Å². The third kappa shape index (κ3) is 4.53. The molecule has 2 atom stereocenters. The molecule has 0 spiro atoms. The number of nitrogens with zero attached hydrogens (tertiary/aromatic N) is 3. The Kier molecular flexibility index (Phi) is 6.66. The minimum atomic E-state index is -4.91. The molecule has 2 unspecified atom stereocenters. The number of hydrogen-bond donors (Lipinski definition) is 1. The lowest BCUT2D eigenvalue weighted by Crippen LogP contribution is -2.35. The second kappa shape index (κ2) is 9.36. The maximum Gasteiger partial charge on any atom is 0.436 e. The van der Waals surface area contributed by atoms with Gasteiger partial charge in [-0.05, 0) is 43.9 Å². The Morgan fingerprint density at radius 3 is 2.68 bits per heavy atom. The predicted molar refractivity (Wildman–Crippen MR) is 114 cm³/mol. The quantitative estimate of drug-likeness (QED) is 0.652. The monoisotopic (exact) mass is 482 g/mol. The van der Waals surface area contributed by atoms with Crippen molar-refractivity contribution in [3.05, 3.63) is 52.4 Å². The van der Waals surface area contributed by atoms with E-state index in [2.05, 4.69) is 10.3 Å². The first-order valence-corrected chi connectivity index (χ1v) is 11.3. The van der Waals surface area contributed by atoms with E-state index in [9.17, 15) is 27.2 Å². The first-order chi connectivity index (χ1) is 16.1. The van der Waals surface area contributed by atoms with E-state index < -0.39 is 29.6 Å². The average molecular weight is 482 g/mol. The lowest BCUT2D eigenvalue weighted by molar-refractivity contribution is -0.143. The van der Waals surface area contributed by atoms with E-state index in [0.29, 0.717) is 37.5 Å². The van der Waals surface area contributed by atoms with E-state index >= 15 is 0 Å². The molecule has 4 heterocycles. The number of nitrogens with one attached hydrogen (secondary N) is 1. The van der Waals surface area contributed by atoms with Crippen molar-refractivity contribution in [1.82, 2.24) is 19.8 Å². The second-order valence-electron chi connectivity index (χ2n) is 8.62. The van der Waals surface area contributed by atoms with Crippen LogP contribution in [0.2, 0.25) is 0 Å². The van der Waals surface area contributed by atoms with Crippen molar-refractivity contribution in [3.8, 4) is 0 Å². The Balaban J connectivity index is 1.61. The molecule has 0 saturated carbocycles. The van der Waals surface area contributed by atoms with Crippen LogP contribution in [0.1, 0.15) is 76.9 Å². The summed E-state index contributed by atoms with van der Waals surface area (Å²) in [5.41, 5.74) is -0.255. The zero-order valence-electron chi connectivity index (χ0n) is 18.9. The van der Waals surface area contributed by atoms with Gasteiger partial charge in [0.25, 0.3) is 11.8 Å². The van der Waals surface area contributed by atoms with Crippen LogP contribution in [-0.4, -0.2) is 45.5 Å². The Morgan fingerprint density at radius 1 is 1.29 bits per heavy atom. The average Bonchev–Trinajstić information content (AvgIpc) is 3.39. The molecule has 4 rings (SSSR count). The van der Waals surface area contributed by atoms with E-state index in [0.717, 1.165) is 25.1 Å². The number of alkyl halides is 3. The summed E-state index contributed by atoms with van der Waals surface area (Å²) in [5.74, 6) is -2.16. The molecule has 1 saturated heterocycles. The topological polar surface area (TPSA) is 76.5 Å². The summed E-state index contributed by atoms with van der Waals surface area (Å²) in [5, 5.41) is 2.74. The second-order valence-corrected chi connectivity index (χ2v) is 8.62. The van der Waals surface area contributed by atoms with Gasteiger partial charge in [-0.2, -0.15) is 13.2 Å². The van der Waals surface area contributed by atoms with Gasteiger partial charge in [0, 0.05) is 25.3 Å². The van der Waals surface area contributed by atoms with Gasteiger partial charge in [0.05, 0.1) is 30.5 Å². The number of amides is 2. The van der Waals surface area contributed by atoms with Gasteiger partial charge in [-0.1, -0.05) is 6.92 Å². The van der Waals surface area contributed by atoms with Crippen LogP contribution in [0, 0.1) is 5.82 Å². The highest BCUT2D eigenvalue weighted by molar-refractivity contribution is 6.01. The van der Waals surface area contributed by atoms with Gasteiger partial charge in [0.1, 0.15) is 5.69 Å². The lowest BCUT2D eigenvalue weighted by atomic mass is 10.0. The van der Waals surface area contributed by atoms with Crippen LogP contribution in [0.3, 0.4) is 0 Å². The number of likely N-dealkylation sites (tertiary alicyclic amines) is 1. The van der Waals surface area contributed by atoms with Crippen molar-refractivity contribution in [3.63, 3.8) is 0 Å². The molecule has 7 nitrogen and oxygen atoms in total. The van der Waals surface area contributed by atoms with Gasteiger partial charge in [-0.25, -0.2) is 9.37 Å². The van der Waals surface area contributed by atoms with E-state index in [1.165, 1.54) is 0 Å². The fraction of sp³-hybridized carbons (Fsp3) is 0.522. The van der Waals surface area contributed by atoms with E-state index in [-0.39, 0.29) is 29.7 Å². The van der Waals surface area contributed by atoms with Crippen LogP contribution in [0.25, 0.3) is 0 Å². The lowest BCUT2D eigenvalue weighted by Gasteiger charge is -2.24. The number of fused-ring (bicyclic) bond motifs is 1. The van der Waals surface area contributed by atoms with Crippen molar-refractivity contribution in [2.75, 3.05) is 13.2 Å². The summed E-state index contributed by atoms with van der Waals surface area (Å²) in [7, 11) is 0. The summed E-state index contributed by atoms with van der Waals surface area (Å²) in [6.45, 7) is 5.35. The molecular formula is C23H26F4N4O3. The molecule has 184 valence electrons. The number of carbonyl (C=O) groups is 2. The number of hydrogen-bond acceptors (Lipinski definition) is 4. The van der Waals surface area contributed by atoms with E-state index in [1.54, 1.807) is 22.5 Å². The Labute approximate surface area is 194 Å². The number of pyridine rings is 1. The number of ether oxygens (including phenoxy) is 1. The number of rotatable bonds is 5. The molecule has 1 N–H and O–H groups in total. The summed E-state index contributed by atoms with van der Waals surface area (Å²) in [6.07, 6.45) is -1.85. The normalized spacial score (nSPS) is 19.1. The number of aromatic nitrogens is 2. The highest BCUT2D eigenvalue weighted by Crippen LogP contribution is 2.31. The molecule has 34 heavy (non-hydrogen) atoms. The fourth-order valence-electron chi connectivity index (χ4n) is 4.59. The molecule has 0 aromatic carbocycles. The van der Waals surface area contributed by atoms with Crippen molar-refractivity contribution in [1.29, 1.82) is 0 Å². The zero-order valence-corrected chi connectivity index (χ0v) is 18.9. The summed E-state index contributed by atoms with van der Waals surface area (Å²) in [6, 6.07) is 1.63. The van der Waals surface area contributed by atoms with Gasteiger partial charge < -0.3 is 19.5 Å². The smallest absolute Gasteiger partial charge is 0.373 e. The van der Waals surface area contributed by atoms with Gasteiger partial charge in [0.2, 0.25) is 0 Å². The van der Waals surface area contributed by atoms with Crippen molar-refractivity contribution >= 4 is 11.8 Å². The van der Waals surface area contributed by atoms with Gasteiger partial charge in [0.15, 0.2) is 11.5 Å². The molecule has 1 fully saturated rings. The van der Waals surface area contributed by atoms with Gasteiger partial charge >= 0.3 is 6.18 Å². The minimum absolute atomic E-state index is 0.113. The van der Waals surface area contributed by atoms with Crippen LogP contribution in [0.4, 0.5) is 17.6 Å². The largest absolute Gasteiger partial charge is 0.436 e. The molecular weight excluding hydrogens is 456 g/mol. The Hall–Kier alpha value is -2.95. The Morgan fingerprint density at radius 2 is 2.06 bits per heavy atom. The molecule has 2 aromatic rings. The van der Waals surface area contributed by atoms with Gasteiger partial charge in [-0.15, -0.1) is 0 Å². The highest BCUT2D eigenvalue weighted by atomic mass is 19.4. The van der Waals surface area contributed by atoms with Crippen molar-refractivity contribution in [2.45, 2.75) is 64.5 Å². The summed E-state index contributed by atoms with van der Waals surface area (Å²) < 4.78 is 59.9. The molecule has 2 aliphatic heterocycles. The molecule has 0 bridgehead atoms. The highest BCUT2D eigenvalue weighted by Gasteiger charge is 2.37. The molecule has 2 aromatic heterocycles. The van der Waals surface area contributed by atoms with Crippen LogP contribution in [-0.2, 0) is 24.1 Å². The van der Waals surface area contributed by atoms with Crippen LogP contribution < -0.4 is 5.32 Å². The maximum absolute atomic E-state index is 14.0. The summed E-state index contributed by atoms with van der Waals surface area (Å²) in [4.78, 5) is 31.4. The fourth-order valence-corrected chi connectivity index (χ4v) is 4.59. The third-order valence-electron chi connectivity index (χ3n) is 6.43. The summed E-state index contributed by atoms with van der Waals surface area (Å²) >= 11 is 0. The minimum Gasteiger partial charge on any atom is -0.373 e. The van der Waals surface area contributed by atoms with E-state index in [4.69, 9.17) is 4.74 Å². The third-order valence-corrected chi connectivity index (χ3v) is 6.43. The predicted octanol–water partition coefficient (Wildman–Crippen LogP) is 4.08. The Bertz CT molecular complexity index is 1100. The SMILES string of the molecule is CCC(NC(=O)c1cc(C(=O)N2CCCC2C)n2c1COCC2)c1cnc(C(F)(F)F)c(F)c1. The van der Waals surface area contributed by atoms with Crippen LogP contribution in [0.5, 0.6) is 0 Å². The molecule has 11 heteroatoms. The van der Waals surface area contributed by atoms with E-state index in [1.807, 2.05) is 6.92 Å². The van der Waals surface area contributed by atoms with Crippen LogP contribution in [0.15, 0.2) is 18.3 Å². The first-order valence-electron chi connectivity index (χ1n) is 11.3. The van der Waals surface area contributed by atoms with Gasteiger partial charge in [-0.3, -0.25) is 9.59 Å². The molecule has 2 amide bonds. The standard InChI is InChI=1S/C23H26F4N4O3/c1-3-17(14-9-16(24)20(28-11-14)23(25,26)27)29-21(32)15-10-18(31-7-8-34-12-19(15)31)22(33)30-6-4-5-13(30)2/h9-11,13,17H,3-8,12H2,1-2H3,(H,29,32). The molecule has 0 radical (unpaired) electrons. The number of halogens is 4. The first kappa shape index (κ1) is 24.2. The number of carbonyl (C=O) groups excluding carboxylic acids is 2. The van der Waals surface area contributed by atoms with Crippen molar-refractivity contribution < 1.29 is 31.9 Å². The zero-order chi connectivity index (χ0) is 24.6. The molecule has 2 aliphatic rings. The maximum atomic E-state index is 14.0. The van der Waals surface area contributed by atoms with Crippen molar-refractivity contribution in [2.24, 2.45) is 0 Å².